The van der Waals surface area contributed by atoms with Crippen molar-refractivity contribution >= 4 is 22.4 Å². The van der Waals surface area contributed by atoms with Crippen LogP contribution in [0.4, 0.5) is 5.13 Å². The number of rotatable bonds is 7. The van der Waals surface area contributed by atoms with Gasteiger partial charge in [0, 0.05) is 5.92 Å². The van der Waals surface area contributed by atoms with Gasteiger partial charge in [0.15, 0.2) is 0 Å². The van der Waals surface area contributed by atoms with Crippen molar-refractivity contribution in [2.75, 3.05) is 5.32 Å². The lowest BCUT2D eigenvalue weighted by molar-refractivity contribution is -0.124. The first-order chi connectivity index (χ1) is 15.0. The zero-order chi connectivity index (χ0) is 21.7. The van der Waals surface area contributed by atoms with Crippen LogP contribution in [-0.4, -0.2) is 16.1 Å². The SMILES string of the molecule is CC(C)(C(=O)Nc1nncs1)C(c1ccccc1)c1ccc(Oc2ccccc2)cc1. The number of nitrogens with zero attached hydrogens (tertiary/aromatic N) is 2. The fourth-order valence-corrected chi connectivity index (χ4v) is 4.08. The van der Waals surface area contributed by atoms with E-state index in [4.69, 9.17) is 4.74 Å². The second-order valence-electron chi connectivity index (χ2n) is 7.75. The maximum absolute atomic E-state index is 13.2. The highest BCUT2D eigenvalue weighted by Gasteiger charge is 2.39. The monoisotopic (exact) mass is 429 g/mol. The van der Waals surface area contributed by atoms with Crippen molar-refractivity contribution in [2.24, 2.45) is 5.41 Å². The van der Waals surface area contributed by atoms with E-state index in [0.717, 1.165) is 22.6 Å². The zero-order valence-corrected chi connectivity index (χ0v) is 18.2. The Morgan fingerprint density at radius 1 is 0.871 bits per heavy atom. The molecule has 1 atom stereocenters. The molecular formula is C25H23N3O2S. The molecule has 31 heavy (non-hydrogen) atoms. The molecule has 156 valence electrons. The standard InChI is InChI=1S/C25H23N3O2S/c1-25(2,23(29)27-24-28-26-17-31-24)22(18-9-5-3-6-10-18)19-13-15-21(16-14-19)30-20-11-7-4-8-12-20/h3-17,22H,1-2H3,(H,27,28,29). The van der Waals surface area contributed by atoms with Crippen molar-refractivity contribution < 1.29 is 9.53 Å². The summed E-state index contributed by atoms with van der Waals surface area (Å²) in [5, 5.41) is 11.2. The van der Waals surface area contributed by atoms with E-state index in [1.165, 1.54) is 11.3 Å². The Labute approximate surface area is 185 Å². The predicted octanol–water partition coefficient (Wildman–Crippen LogP) is 6.13. The molecule has 0 saturated carbocycles. The third kappa shape index (κ3) is 4.81. The van der Waals surface area contributed by atoms with Crippen LogP contribution >= 0.6 is 11.3 Å². The lowest BCUT2D eigenvalue weighted by Crippen LogP contribution is -2.37. The summed E-state index contributed by atoms with van der Waals surface area (Å²) in [6.45, 7) is 3.91. The van der Waals surface area contributed by atoms with E-state index in [1.807, 2.05) is 86.6 Å². The molecule has 0 radical (unpaired) electrons. The second-order valence-corrected chi connectivity index (χ2v) is 8.58. The van der Waals surface area contributed by atoms with Crippen molar-refractivity contribution in [2.45, 2.75) is 19.8 Å². The fourth-order valence-electron chi connectivity index (χ4n) is 3.64. The molecule has 5 nitrogen and oxygen atoms in total. The number of aromatic nitrogens is 2. The highest BCUT2D eigenvalue weighted by Crippen LogP contribution is 2.42. The largest absolute Gasteiger partial charge is 0.457 e. The predicted molar refractivity (Wildman–Crippen MR) is 124 cm³/mol. The Morgan fingerprint density at radius 2 is 1.45 bits per heavy atom. The summed E-state index contributed by atoms with van der Waals surface area (Å²) in [5.41, 5.74) is 2.96. The lowest BCUT2D eigenvalue weighted by Gasteiger charge is -2.33. The number of amides is 1. The van der Waals surface area contributed by atoms with Gasteiger partial charge in [-0.1, -0.05) is 85.8 Å². The van der Waals surface area contributed by atoms with E-state index in [2.05, 4.69) is 27.6 Å². The molecule has 0 aliphatic heterocycles. The minimum Gasteiger partial charge on any atom is -0.457 e. The Hall–Kier alpha value is -3.51. The van der Waals surface area contributed by atoms with Gasteiger partial charge < -0.3 is 10.1 Å². The number of nitrogens with one attached hydrogen (secondary N) is 1. The first-order valence-electron chi connectivity index (χ1n) is 9.99. The van der Waals surface area contributed by atoms with Crippen molar-refractivity contribution in [1.29, 1.82) is 0 Å². The molecule has 0 spiro atoms. The normalized spacial score (nSPS) is 12.2. The van der Waals surface area contributed by atoms with Gasteiger partial charge >= 0.3 is 0 Å². The summed E-state index contributed by atoms with van der Waals surface area (Å²) in [4.78, 5) is 13.2. The number of ether oxygens (including phenoxy) is 1. The molecule has 0 aliphatic rings. The summed E-state index contributed by atoms with van der Waals surface area (Å²) < 4.78 is 5.93. The topological polar surface area (TPSA) is 64.1 Å². The van der Waals surface area contributed by atoms with E-state index in [9.17, 15) is 4.79 Å². The average Bonchev–Trinajstić information content (AvgIpc) is 3.29. The van der Waals surface area contributed by atoms with Gasteiger partial charge in [-0.2, -0.15) is 0 Å². The number of hydrogen-bond donors (Lipinski definition) is 1. The van der Waals surface area contributed by atoms with E-state index in [0.29, 0.717) is 5.13 Å². The van der Waals surface area contributed by atoms with Crippen LogP contribution in [0.25, 0.3) is 0 Å². The minimum atomic E-state index is -0.741. The van der Waals surface area contributed by atoms with Gasteiger partial charge in [-0.25, -0.2) is 0 Å². The average molecular weight is 430 g/mol. The van der Waals surface area contributed by atoms with Gasteiger partial charge in [-0.05, 0) is 35.4 Å². The minimum absolute atomic E-state index is 0.109. The molecule has 3 aromatic carbocycles. The number of benzene rings is 3. The Balaban J connectivity index is 1.64. The zero-order valence-electron chi connectivity index (χ0n) is 17.4. The smallest absolute Gasteiger partial charge is 0.232 e. The fraction of sp³-hybridized carbons (Fsp3) is 0.160. The molecule has 0 saturated heterocycles. The first kappa shape index (κ1) is 20.8. The van der Waals surface area contributed by atoms with Crippen LogP contribution in [0.1, 0.15) is 30.9 Å². The van der Waals surface area contributed by atoms with Gasteiger partial charge in [0.2, 0.25) is 11.0 Å². The van der Waals surface area contributed by atoms with Gasteiger partial charge in [0.25, 0.3) is 0 Å². The Bertz CT molecular complexity index is 1110. The first-order valence-corrected chi connectivity index (χ1v) is 10.9. The summed E-state index contributed by atoms with van der Waals surface area (Å²) in [6.07, 6.45) is 0. The maximum Gasteiger partial charge on any atom is 0.232 e. The quantitative estimate of drug-likeness (QED) is 0.384. The summed E-state index contributed by atoms with van der Waals surface area (Å²) in [7, 11) is 0. The van der Waals surface area contributed by atoms with Crippen LogP contribution in [0, 0.1) is 5.41 Å². The summed E-state index contributed by atoms with van der Waals surface area (Å²) in [6, 6.07) is 27.7. The number of carbonyl (C=O) groups excluding carboxylic acids is 1. The van der Waals surface area contributed by atoms with E-state index in [-0.39, 0.29) is 11.8 Å². The van der Waals surface area contributed by atoms with Crippen molar-refractivity contribution in [3.05, 3.63) is 102 Å². The van der Waals surface area contributed by atoms with Crippen LogP contribution in [0.15, 0.2) is 90.4 Å². The Morgan fingerprint density at radius 3 is 2.06 bits per heavy atom. The second kappa shape index (κ2) is 9.10. The number of para-hydroxylation sites is 1. The molecule has 0 fully saturated rings. The van der Waals surface area contributed by atoms with Crippen LogP contribution in [0.2, 0.25) is 0 Å². The molecule has 4 aromatic rings. The third-order valence-electron chi connectivity index (χ3n) is 5.21. The highest BCUT2D eigenvalue weighted by molar-refractivity contribution is 7.13. The van der Waals surface area contributed by atoms with Crippen LogP contribution in [0.3, 0.4) is 0 Å². The molecule has 1 N–H and O–H groups in total. The molecule has 1 aromatic heterocycles. The third-order valence-corrected chi connectivity index (χ3v) is 5.82. The van der Waals surface area contributed by atoms with E-state index >= 15 is 0 Å². The highest BCUT2D eigenvalue weighted by atomic mass is 32.1. The van der Waals surface area contributed by atoms with Crippen molar-refractivity contribution in [3.8, 4) is 11.5 Å². The van der Waals surface area contributed by atoms with Crippen LogP contribution < -0.4 is 10.1 Å². The van der Waals surface area contributed by atoms with Gasteiger partial charge in [0.1, 0.15) is 17.0 Å². The maximum atomic E-state index is 13.2. The summed E-state index contributed by atoms with van der Waals surface area (Å²) in [5.74, 6) is 1.26. The van der Waals surface area contributed by atoms with Crippen LogP contribution in [0.5, 0.6) is 11.5 Å². The molecular weight excluding hydrogens is 406 g/mol. The van der Waals surface area contributed by atoms with Crippen molar-refractivity contribution in [3.63, 3.8) is 0 Å². The number of hydrogen-bond acceptors (Lipinski definition) is 5. The molecule has 1 heterocycles. The molecule has 1 amide bonds. The molecule has 1 unspecified atom stereocenters. The van der Waals surface area contributed by atoms with Gasteiger partial charge in [-0.3, -0.25) is 4.79 Å². The van der Waals surface area contributed by atoms with E-state index < -0.39 is 5.41 Å². The van der Waals surface area contributed by atoms with E-state index in [1.54, 1.807) is 5.51 Å². The van der Waals surface area contributed by atoms with Gasteiger partial charge in [0.05, 0.1) is 5.41 Å². The van der Waals surface area contributed by atoms with Crippen molar-refractivity contribution in [1.82, 2.24) is 10.2 Å². The Kier molecular flexibility index (Phi) is 6.09. The number of carbonyl (C=O) groups is 1. The lowest BCUT2D eigenvalue weighted by atomic mass is 9.70. The molecule has 4 rings (SSSR count). The molecule has 0 bridgehead atoms. The van der Waals surface area contributed by atoms with Gasteiger partial charge in [-0.15, -0.1) is 10.2 Å². The molecule has 6 heteroatoms. The van der Waals surface area contributed by atoms with Crippen LogP contribution in [-0.2, 0) is 4.79 Å². The summed E-state index contributed by atoms with van der Waals surface area (Å²) >= 11 is 1.30. The number of anilines is 1. The molecule has 0 aliphatic carbocycles.